The van der Waals surface area contributed by atoms with E-state index in [0.717, 1.165) is 11.3 Å². The first-order valence-corrected chi connectivity index (χ1v) is 11.6. The van der Waals surface area contributed by atoms with Gasteiger partial charge in [0, 0.05) is 44.8 Å². The van der Waals surface area contributed by atoms with Gasteiger partial charge in [-0.05, 0) is 24.7 Å². The number of nitrogens with zero attached hydrogens (tertiary/aromatic N) is 3. The number of ether oxygens (including phenoxy) is 1. The van der Waals surface area contributed by atoms with Crippen molar-refractivity contribution >= 4 is 39.4 Å². The van der Waals surface area contributed by atoms with Crippen molar-refractivity contribution in [3.63, 3.8) is 0 Å². The summed E-state index contributed by atoms with van der Waals surface area (Å²) in [5, 5.41) is 3.80. The molecule has 1 saturated heterocycles. The summed E-state index contributed by atoms with van der Waals surface area (Å²) in [6, 6.07) is 0. The lowest BCUT2D eigenvalue weighted by Gasteiger charge is -2.32. The molecule has 0 unspecified atom stereocenters. The van der Waals surface area contributed by atoms with Crippen LogP contribution in [0.25, 0.3) is 10.2 Å². The van der Waals surface area contributed by atoms with Crippen LogP contribution < -0.4 is 10.2 Å². The number of nitrogens with one attached hydrogen (secondary N) is 1. The predicted octanol–water partition coefficient (Wildman–Crippen LogP) is 4.02. The number of thiophene rings is 1. The van der Waals surface area contributed by atoms with Crippen LogP contribution in [-0.4, -0.2) is 48.1 Å². The molecule has 4 rings (SSSR count). The molecule has 174 valence electrons. The molecular weight excluding hydrogens is 445 g/mol. The molecule has 1 aliphatic heterocycles. The molecule has 2 aromatic heterocycles. The van der Waals surface area contributed by atoms with E-state index in [9.17, 15) is 22.8 Å². The minimum absolute atomic E-state index is 0.00529. The predicted molar refractivity (Wildman–Crippen MR) is 114 cm³/mol. The fraction of sp³-hybridized carbons (Fsp3) is 0.619. The Morgan fingerprint density at radius 1 is 1.25 bits per heavy atom. The van der Waals surface area contributed by atoms with E-state index in [1.807, 2.05) is 0 Å². The summed E-state index contributed by atoms with van der Waals surface area (Å²) in [7, 11) is 1.41. The van der Waals surface area contributed by atoms with Gasteiger partial charge in [0.2, 0.25) is 5.95 Å². The van der Waals surface area contributed by atoms with Gasteiger partial charge in [-0.15, -0.1) is 11.3 Å². The van der Waals surface area contributed by atoms with E-state index in [4.69, 9.17) is 4.74 Å². The quantitative estimate of drug-likeness (QED) is 0.642. The zero-order valence-electron chi connectivity index (χ0n) is 17.9. The first-order chi connectivity index (χ1) is 15.2. The summed E-state index contributed by atoms with van der Waals surface area (Å²) < 4.78 is 46.4. The number of halogens is 3. The van der Waals surface area contributed by atoms with E-state index < -0.39 is 17.8 Å². The Hall–Kier alpha value is -2.43. The van der Waals surface area contributed by atoms with Crippen molar-refractivity contribution in [1.29, 1.82) is 0 Å². The third-order valence-electron chi connectivity index (χ3n) is 6.08. The highest BCUT2D eigenvalue weighted by Gasteiger charge is 2.38. The minimum atomic E-state index is -4.67. The first kappa shape index (κ1) is 22.8. The summed E-state index contributed by atoms with van der Waals surface area (Å²) >= 11 is 0.803. The molecule has 32 heavy (non-hydrogen) atoms. The second-order valence-electron chi connectivity index (χ2n) is 8.47. The van der Waals surface area contributed by atoms with Crippen LogP contribution in [0.5, 0.6) is 0 Å². The van der Waals surface area contributed by atoms with Gasteiger partial charge in [0.25, 0.3) is 5.91 Å². The molecule has 11 heteroatoms. The fourth-order valence-electron chi connectivity index (χ4n) is 4.04. The number of hydrogen-bond acceptors (Lipinski definition) is 7. The number of amides is 1. The zero-order chi connectivity index (χ0) is 23.0. The van der Waals surface area contributed by atoms with Crippen molar-refractivity contribution in [1.82, 2.24) is 15.3 Å². The normalized spacial score (nSPS) is 18.6. The topological polar surface area (TPSA) is 84.4 Å². The van der Waals surface area contributed by atoms with Crippen LogP contribution in [0.4, 0.5) is 19.1 Å². The van der Waals surface area contributed by atoms with E-state index in [1.54, 1.807) is 4.90 Å². The number of alkyl halides is 3. The maximum atomic E-state index is 13.7. The standard InChI is InChI=1S/C21H25F3N4O3S/c1-11(12-3-4-12)9-15(29)31-13-5-7-28(8-6-13)20-26-16-14(19(30)25-2)10-32-17(16)18(27-20)21(22,23)24/h10-13H,3-9H2,1-2H3,(H,25,30)/t11-/m1/s1. The van der Waals surface area contributed by atoms with Gasteiger partial charge in [0.05, 0.1) is 10.3 Å². The van der Waals surface area contributed by atoms with Crippen molar-refractivity contribution in [2.45, 2.75) is 51.3 Å². The van der Waals surface area contributed by atoms with Crippen molar-refractivity contribution in [2.24, 2.45) is 11.8 Å². The summed E-state index contributed by atoms with van der Waals surface area (Å²) in [5.74, 6) is 0.161. The van der Waals surface area contributed by atoms with Crippen molar-refractivity contribution in [3.05, 3.63) is 16.6 Å². The Balaban J connectivity index is 1.49. The lowest BCUT2D eigenvalue weighted by atomic mass is 10.0. The zero-order valence-corrected chi connectivity index (χ0v) is 18.7. The molecule has 0 spiro atoms. The maximum absolute atomic E-state index is 13.7. The van der Waals surface area contributed by atoms with Crippen molar-refractivity contribution < 1.29 is 27.5 Å². The number of esters is 1. The highest BCUT2D eigenvalue weighted by atomic mass is 32.1. The molecule has 2 aliphatic rings. The molecule has 7 nitrogen and oxygen atoms in total. The molecule has 2 aromatic rings. The van der Waals surface area contributed by atoms with Crippen LogP contribution in [-0.2, 0) is 15.7 Å². The Morgan fingerprint density at radius 3 is 2.53 bits per heavy atom. The van der Waals surface area contributed by atoms with Crippen LogP contribution in [0.2, 0.25) is 0 Å². The monoisotopic (exact) mass is 470 g/mol. The van der Waals surface area contributed by atoms with E-state index in [2.05, 4.69) is 22.2 Å². The van der Waals surface area contributed by atoms with E-state index >= 15 is 0 Å². The number of hydrogen-bond donors (Lipinski definition) is 1. The average molecular weight is 471 g/mol. The number of anilines is 1. The molecule has 1 N–H and O–H groups in total. The lowest BCUT2D eigenvalue weighted by Crippen LogP contribution is -2.39. The molecule has 1 atom stereocenters. The number of piperidine rings is 1. The van der Waals surface area contributed by atoms with Gasteiger partial charge >= 0.3 is 12.1 Å². The van der Waals surface area contributed by atoms with Crippen LogP contribution in [0.3, 0.4) is 0 Å². The van der Waals surface area contributed by atoms with Gasteiger partial charge in [-0.2, -0.15) is 13.2 Å². The Kier molecular flexibility index (Phi) is 6.28. The highest BCUT2D eigenvalue weighted by Crippen LogP contribution is 2.39. The van der Waals surface area contributed by atoms with Gasteiger partial charge in [-0.25, -0.2) is 9.97 Å². The molecule has 3 heterocycles. The molecule has 2 fully saturated rings. The highest BCUT2D eigenvalue weighted by molar-refractivity contribution is 7.17. The van der Waals surface area contributed by atoms with Crippen LogP contribution in [0.1, 0.15) is 55.1 Å². The van der Waals surface area contributed by atoms with Gasteiger partial charge in [-0.3, -0.25) is 9.59 Å². The molecule has 1 saturated carbocycles. The largest absolute Gasteiger partial charge is 0.462 e. The van der Waals surface area contributed by atoms with Crippen LogP contribution >= 0.6 is 11.3 Å². The molecule has 1 amide bonds. The summed E-state index contributed by atoms with van der Waals surface area (Å²) in [6.45, 7) is 2.78. The average Bonchev–Trinajstić information content (AvgIpc) is 3.52. The third-order valence-corrected chi connectivity index (χ3v) is 7.06. The number of aromatic nitrogens is 2. The summed E-state index contributed by atoms with van der Waals surface area (Å²) in [4.78, 5) is 34.0. The van der Waals surface area contributed by atoms with Gasteiger partial charge < -0.3 is 15.0 Å². The molecule has 0 bridgehead atoms. The van der Waals surface area contributed by atoms with E-state index in [0.29, 0.717) is 44.2 Å². The maximum Gasteiger partial charge on any atom is 0.434 e. The molecular formula is C21H25F3N4O3S. The van der Waals surface area contributed by atoms with Crippen molar-refractivity contribution in [2.75, 3.05) is 25.0 Å². The number of carbonyl (C=O) groups excluding carboxylic acids is 2. The Morgan fingerprint density at radius 2 is 1.94 bits per heavy atom. The number of carbonyl (C=O) groups is 2. The number of rotatable bonds is 6. The SMILES string of the molecule is CNC(=O)c1csc2c(C(F)(F)F)nc(N3CCC(OC(=O)C[C@@H](C)C4CC4)CC3)nc12. The number of fused-ring (bicyclic) bond motifs is 1. The van der Waals surface area contributed by atoms with Crippen molar-refractivity contribution in [3.8, 4) is 0 Å². The van der Waals surface area contributed by atoms with E-state index in [-0.39, 0.29) is 33.8 Å². The van der Waals surface area contributed by atoms with Gasteiger partial charge in [-0.1, -0.05) is 6.92 Å². The van der Waals surface area contributed by atoms with Crippen LogP contribution in [0.15, 0.2) is 5.38 Å². The second kappa shape index (κ2) is 8.84. The van der Waals surface area contributed by atoms with Gasteiger partial charge in [0.15, 0.2) is 5.69 Å². The van der Waals surface area contributed by atoms with Crippen LogP contribution in [0, 0.1) is 11.8 Å². The lowest BCUT2D eigenvalue weighted by molar-refractivity contribution is -0.151. The van der Waals surface area contributed by atoms with E-state index in [1.165, 1.54) is 25.3 Å². The smallest absolute Gasteiger partial charge is 0.434 e. The Bertz CT molecular complexity index is 1010. The summed E-state index contributed by atoms with van der Waals surface area (Å²) in [6.07, 6.45) is -1.23. The third kappa shape index (κ3) is 4.82. The first-order valence-electron chi connectivity index (χ1n) is 10.7. The van der Waals surface area contributed by atoms with Gasteiger partial charge in [0.1, 0.15) is 11.6 Å². The second-order valence-corrected chi connectivity index (χ2v) is 9.35. The molecule has 0 aromatic carbocycles. The Labute approximate surface area is 187 Å². The molecule has 1 aliphatic carbocycles. The minimum Gasteiger partial charge on any atom is -0.462 e. The molecule has 0 radical (unpaired) electrons. The fourth-order valence-corrected chi connectivity index (χ4v) is 5.03. The summed E-state index contributed by atoms with van der Waals surface area (Å²) in [5.41, 5.74) is -0.954.